The molecule has 2 heterocycles. The molecular weight excluding hydrogens is 425 g/mol. The molecule has 0 bridgehead atoms. The maximum atomic E-state index is 12.4. The summed E-state index contributed by atoms with van der Waals surface area (Å²) in [5.41, 5.74) is 0. The Balaban J connectivity index is 1.99. The lowest BCUT2D eigenvalue weighted by molar-refractivity contribution is -0.179. The highest BCUT2D eigenvalue weighted by Gasteiger charge is 2.63. The first-order chi connectivity index (χ1) is 10.2. The molecule has 0 N–H and O–H groups in total. The van der Waals surface area contributed by atoms with Crippen molar-refractivity contribution in [2.45, 2.75) is 54.1 Å². The zero-order chi connectivity index (χ0) is 16.7. The average Bonchev–Trinajstić information content (AvgIpc) is 2.67. The van der Waals surface area contributed by atoms with Gasteiger partial charge in [-0.2, -0.15) is 0 Å². The minimum Gasteiger partial charge on any atom is -0.435 e. The van der Waals surface area contributed by atoms with Crippen LogP contribution >= 0.6 is 34.4 Å². The number of amides is 1. The lowest BCUT2D eigenvalue weighted by atomic mass is 9.98. The fourth-order valence-electron chi connectivity index (χ4n) is 2.49. The minimum atomic E-state index is -1.07. The molecule has 2 saturated heterocycles. The number of hydrogen-bond donors (Lipinski definition) is 0. The second-order valence-corrected chi connectivity index (χ2v) is 8.58. The summed E-state index contributed by atoms with van der Waals surface area (Å²) in [6, 6.07) is -0.686. The maximum absolute atomic E-state index is 12.4. The van der Waals surface area contributed by atoms with Gasteiger partial charge in [-0.05, 0) is 20.8 Å². The van der Waals surface area contributed by atoms with Gasteiger partial charge in [-0.3, -0.25) is 4.79 Å². The van der Waals surface area contributed by atoms with E-state index in [1.807, 2.05) is 13.8 Å². The third kappa shape index (κ3) is 3.15. The third-order valence-corrected chi connectivity index (χ3v) is 6.68. The van der Waals surface area contributed by atoms with Crippen molar-refractivity contribution in [2.24, 2.45) is 0 Å². The van der Waals surface area contributed by atoms with Gasteiger partial charge >= 0.3 is 12.1 Å². The Kier molecular flexibility index (Phi) is 5.15. The molecule has 0 aromatic rings. The molecule has 1 amide bonds. The predicted octanol–water partition coefficient (Wildman–Crippen LogP) is 1.91. The van der Waals surface area contributed by atoms with Gasteiger partial charge in [0.25, 0.3) is 0 Å². The molecule has 2 aliphatic rings. The van der Waals surface area contributed by atoms with E-state index in [0.717, 1.165) is 0 Å². The third-order valence-electron chi connectivity index (χ3n) is 3.41. The summed E-state index contributed by atoms with van der Waals surface area (Å²) in [5.74, 6) is -0.641. The van der Waals surface area contributed by atoms with Gasteiger partial charge in [0.05, 0.1) is 6.61 Å². The molecule has 1 unspecified atom stereocenters. The quantitative estimate of drug-likeness (QED) is 0.216. The summed E-state index contributed by atoms with van der Waals surface area (Å²) in [5, 5.41) is -0.0121. The van der Waals surface area contributed by atoms with Crippen molar-refractivity contribution in [1.82, 2.24) is 4.90 Å². The predicted molar refractivity (Wildman–Crippen MR) is 87.6 cm³/mol. The van der Waals surface area contributed by atoms with E-state index in [-0.39, 0.29) is 21.8 Å². The van der Waals surface area contributed by atoms with Crippen LogP contribution in [0.5, 0.6) is 0 Å². The maximum Gasteiger partial charge on any atom is 0.511 e. The molecule has 0 saturated carbocycles. The molecule has 0 radical (unpaired) electrons. The van der Waals surface area contributed by atoms with Gasteiger partial charge in [0, 0.05) is 11.7 Å². The van der Waals surface area contributed by atoms with Crippen molar-refractivity contribution >= 4 is 52.4 Å². The number of rotatable bonds is 4. The first-order valence-electron chi connectivity index (χ1n) is 6.87. The molecule has 0 aromatic heterocycles. The normalized spacial score (nSPS) is 30.1. The molecule has 2 aliphatic heterocycles. The van der Waals surface area contributed by atoms with Crippen molar-refractivity contribution in [2.75, 3.05) is 6.61 Å². The molecule has 0 aromatic carbocycles. The average molecular weight is 443 g/mol. The highest BCUT2D eigenvalue weighted by Crippen LogP contribution is 2.53. The van der Waals surface area contributed by atoms with Crippen molar-refractivity contribution in [3.8, 4) is 0 Å². The van der Waals surface area contributed by atoms with Crippen molar-refractivity contribution in [1.29, 1.82) is 0 Å². The summed E-state index contributed by atoms with van der Waals surface area (Å²) in [6.45, 7) is 7.05. The van der Waals surface area contributed by atoms with Gasteiger partial charge in [0.15, 0.2) is 0 Å². The van der Waals surface area contributed by atoms with Crippen LogP contribution in [-0.4, -0.2) is 55.9 Å². The van der Waals surface area contributed by atoms with Crippen LogP contribution < -0.4 is 0 Å². The highest BCUT2D eigenvalue weighted by atomic mass is 127. The first-order valence-corrected chi connectivity index (χ1v) is 8.99. The zero-order valence-corrected chi connectivity index (χ0v) is 15.7. The fraction of sp³-hybridized carbons (Fsp3) is 0.769. The molecule has 22 heavy (non-hydrogen) atoms. The molecule has 4 atom stereocenters. The van der Waals surface area contributed by atoms with E-state index in [1.54, 1.807) is 23.6 Å². The Labute approximate surface area is 146 Å². The number of esters is 1. The number of β-lactam (4-membered cyclic amide) rings is 1. The van der Waals surface area contributed by atoms with E-state index in [0.29, 0.717) is 0 Å². The van der Waals surface area contributed by atoms with E-state index in [4.69, 9.17) is 9.47 Å². The Morgan fingerprint density at radius 2 is 2.05 bits per heavy atom. The standard InChI is InChI=1S/C13H18INO6S/c1-5-19-12(18)21-6(2)20-11(17)8-13(3,4)22-10-7(14)9(16)15(8)10/h6-8,10H,5H2,1-4H3/t6?,7-,8+,10-/m1/s1. The summed E-state index contributed by atoms with van der Waals surface area (Å²) in [7, 11) is 0. The number of nitrogens with zero attached hydrogens (tertiary/aromatic N) is 1. The second-order valence-electron chi connectivity index (χ2n) is 5.47. The highest BCUT2D eigenvalue weighted by molar-refractivity contribution is 14.1. The van der Waals surface area contributed by atoms with Gasteiger partial charge in [0.1, 0.15) is 15.3 Å². The lowest BCUT2D eigenvalue weighted by Gasteiger charge is -2.41. The van der Waals surface area contributed by atoms with Crippen LogP contribution in [0, 0.1) is 0 Å². The molecule has 7 nitrogen and oxygen atoms in total. The zero-order valence-electron chi connectivity index (χ0n) is 12.7. The van der Waals surface area contributed by atoms with Crippen LogP contribution in [-0.2, 0) is 23.8 Å². The molecule has 2 fully saturated rings. The SMILES string of the molecule is CCOC(=O)OC(C)OC(=O)[C@@H]1N2C(=O)[C@@H](I)[C@H]2SC1(C)C. The Bertz CT molecular complexity index is 499. The van der Waals surface area contributed by atoms with Crippen LogP contribution in [0.4, 0.5) is 4.79 Å². The lowest BCUT2D eigenvalue weighted by Crippen LogP contribution is -2.63. The topological polar surface area (TPSA) is 82.1 Å². The van der Waals surface area contributed by atoms with E-state index in [2.05, 4.69) is 27.3 Å². The van der Waals surface area contributed by atoms with E-state index >= 15 is 0 Å². The second kappa shape index (κ2) is 6.42. The molecule has 9 heteroatoms. The van der Waals surface area contributed by atoms with Crippen LogP contribution in [0.25, 0.3) is 0 Å². The fourth-order valence-corrected chi connectivity index (χ4v) is 5.13. The molecular formula is C13H18INO6S. The molecule has 0 spiro atoms. The Hall–Kier alpha value is -0.710. The van der Waals surface area contributed by atoms with Gasteiger partial charge in [0.2, 0.25) is 12.2 Å². The van der Waals surface area contributed by atoms with Crippen molar-refractivity contribution in [3.05, 3.63) is 0 Å². The minimum absolute atomic E-state index is 0.0121. The monoisotopic (exact) mass is 443 g/mol. The number of ether oxygens (including phenoxy) is 3. The van der Waals surface area contributed by atoms with E-state index < -0.39 is 29.2 Å². The van der Waals surface area contributed by atoms with Gasteiger partial charge < -0.3 is 19.1 Å². The Morgan fingerprint density at radius 3 is 2.64 bits per heavy atom. The summed E-state index contributed by atoms with van der Waals surface area (Å²) in [6.07, 6.45) is -1.97. The van der Waals surface area contributed by atoms with Gasteiger partial charge in [-0.15, -0.1) is 11.8 Å². The van der Waals surface area contributed by atoms with Crippen molar-refractivity contribution < 1.29 is 28.6 Å². The summed E-state index contributed by atoms with van der Waals surface area (Å²) >= 11 is 3.67. The van der Waals surface area contributed by atoms with Crippen molar-refractivity contribution in [3.63, 3.8) is 0 Å². The summed E-state index contributed by atoms with van der Waals surface area (Å²) in [4.78, 5) is 37.1. The number of halogens is 1. The Morgan fingerprint density at radius 1 is 1.41 bits per heavy atom. The van der Waals surface area contributed by atoms with Gasteiger partial charge in [-0.25, -0.2) is 9.59 Å². The molecule has 0 aliphatic carbocycles. The molecule has 2 rings (SSSR count). The van der Waals surface area contributed by atoms with E-state index in [9.17, 15) is 14.4 Å². The van der Waals surface area contributed by atoms with Crippen LogP contribution in [0.1, 0.15) is 27.7 Å². The first kappa shape index (κ1) is 17.6. The van der Waals surface area contributed by atoms with Gasteiger partial charge in [-0.1, -0.05) is 22.6 Å². The van der Waals surface area contributed by atoms with Crippen LogP contribution in [0.3, 0.4) is 0 Å². The number of hydrogen-bond acceptors (Lipinski definition) is 7. The van der Waals surface area contributed by atoms with Crippen LogP contribution in [0.2, 0.25) is 0 Å². The molecule has 124 valence electrons. The number of fused-ring (bicyclic) bond motifs is 1. The van der Waals surface area contributed by atoms with E-state index in [1.165, 1.54) is 6.92 Å². The number of carbonyl (C=O) groups is 3. The number of alkyl halides is 1. The van der Waals surface area contributed by atoms with Crippen LogP contribution in [0.15, 0.2) is 0 Å². The summed E-state index contributed by atoms with van der Waals surface area (Å²) < 4.78 is 14.0. The largest absolute Gasteiger partial charge is 0.511 e. The number of carbonyl (C=O) groups excluding carboxylic acids is 3. The number of thioether (sulfide) groups is 1. The smallest absolute Gasteiger partial charge is 0.435 e.